The topological polar surface area (TPSA) is 40.0 Å². The van der Waals surface area contributed by atoms with Crippen molar-refractivity contribution in [1.29, 1.82) is 5.41 Å². The van der Waals surface area contributed by atoms with Crippen LogP contribution >= 0.6 is 0 Å². The van der Waals surface area contributed by atoms with Gasteiger partial charge in [-0.25, -0.2) is 0 Å². The molecule has 1 aromatic heterocycles. The van der Waals surface area contributed by atoms with Gasteiger partial charge in [0.2, 0.25) is 0 Å². The summed E-state index contributed by atoms with van der Waals surface area (Å²) < 4.78 is 0. The van der Waals surface area contributed by atoms with Crippen molar-refractivity contribution in [2.24, 2.45) is 0 Å². The molecule has 0 saturated heterocycles. The number of hydrogen-bond acceptors (Lipinski definition) is 2. The molecule has 0 bridgehead atoms. The number of pyridine rings is 1. The van der Waals surface area contributed by atoms with Gasteiger partial charge in [0.15, 0.2) is 0 Å². The van der Waals surface area contributed by atoms with Crippen LogP contribution < -0.4 is 0 Å². The largest absolute Gasteiger partial charge is 0.355 e. The van der Waals surface area contributed by atoms with Crippen LogP contribution in [0, 0.1) is 12.3 Å². The Labute approximate surface area is 91.7 Å². The van der Waals surface area contributed by atoms with Gasteiger partial charge in [0.25, 0.3) is 0 Å². The van der Waals surface area contributed by atoms with Crippen molar-refractivity contribution in [1.82, 2.24) is 9.88 Å². The van der Waals surface area contributed by atoms with Gasteiger partial charge in [0.1, 0.15) is 0 Å². The van der Waals surface area contributed by atoms with Crippen LogP contribution in [0.4, 0.5) is 0 Å². The fourth-order valence-corrected chi connectivity index (χ4v) is 1.50. The highest BCUT2D eigenvalue weighted by Crippen LogP contribution is 2.04. The van der Waals surface area contributed by atoms with Crippen molar-refractivity contribution in [3.8, 4) is 0 Å². The quantitative estimate of drug-likeness (QED) is 0.606. The molecule has 0 saturated carbocycles. The van der Waals surface area contributed by atoms with Crippen molar-refractivity contribution >= 4 is 5.84 Å². The summed E-state index contributed by atoms with van der Waals surface area (Å²) in [5.74, 6) is 0.681. The van der Waals surface area contributed by atoms with E-state index in [1.807, 2.05) is 36.9 Å². The first kappa shape index (κ1) is 11.7. The van der Waals surface area contributed by atoms with Crippen LogP contribution in [0.2, 0.25) is 0 Å². The molecule has 0 atom stereocenters. The highest BCUT2D eigenvalue weighted by atomic mass is 15.2. The van der Waals surface area contributed by atoms with Crippen LogP contribution in [0.5, 0.6) is 0 Å². The summed E-state index contributed by atoms with van der Waals surface area (Å²) in [6, 6.07) is 6.02. The molecule has 0 radical (unpaired) electrons. The van der Waals surface area contributed by atoms with Crippen LogP contribution in [-0.2, 0) is 6.54 Å². The van der Waals surface area contributed by atoms with Gasteiger partial charge in [-0.05, 0) is 26.0 Å². The fraction of sp³-hybridized carbons (Fsp3) is 0.500. The van der Waals surface area contributed by atoms with Gasteiger partial charge in [0, 0.05) is 18.7 Å². The number of aryl methyl sites for hydroxylation is 1. The minimum absolute atomic E-state index is 0.681. The van der Waals surface area contributed by atoms with Crippen molar-refractivity contribution in [2.75, 3.05) is 6.54 Å². The van der Waals surface area contributed by atoms with Crippen LogP contribution in [-0.4, -0.2) is 22.3 Å². The summed E-state index contributed by atoms with van der Waals surface area (Å²) in [6.07, 6.45) is 0.777. The second-order valence-electron chi connectivity index (χ2n) is 3.58. The first-order valence-electron chi connectivity index (χ1n) is 5.42. The Balaban J connectivity index is 2.70. The maximum Gasteiger partial charge on any atom is 0.0958 e. The van der Waals surface area contributed by atoms with Crippen LogP contribution in [0.1, 0.15) is 31.7 Å². The van der Waals surface area contributed by atoms with E-state index in [0.29, 0.717) is 5.84 Å². The van der Waals surface area contributed by atoms with Gasteiger partial charge >= 0.3 is 0 Å². The molecule has 1 aromatic rings. The van der Waals surface area contributed by atoms with E-state index in [4.69, 9.17) is 5.41 Å². The van der Waals surface area contributed by atoms with Gasteiger partial charge in [-0.2, -0.15) is 0 Å². The van der Waals surface area contributed by atoms with Gasteiger partial charge < -0.3 is 4.90 Å². The molecule has 0 aliphatic rings. The molecule has 1 rings (SSSR count). The van der Waals surface area contributed by atoms with Crippen LogP contribution in [0.15, 0.2) is 18.2 Å². The van der Waals surface area contributed by atoms with Gasteiger partial charge in [-0.3, -0.25) is 10.4 Å². The Bertz CT molecular complexity index is 333. The summed E-state index contributed by atoms with van der Waals surface area (Å²) in [4.78, 5) is 6.48. The molecule has 15 heavy (non-hydrogen) atoms. The van der Waals surface area contributed by atoms with Crippen molar-refractivity contribution in [3.63, 3.8) is 0 Å². The third-order valence-corrected chi connectivity index (χ3v) is 2.40. The van der Waals surface area contributed by atoms with E-state index < -0.39 is 0 Å². The molecule has 3 heteroatoms. The minimum Gasteiger partial charge on any atom is -0.355 e. The summed E-state index contributed by atoms with van der Waals surface area (Å²) >= 11 is 0. The van der Waals surface area contributed by atoms with E-state index in [9.17, 15) is 0 Å². The smallest absolute Gasteiger partial charge is 0.0958 e. The maximum absolute atomic E-state index is 7.80. The van der Waals surface area contributed by atoms with Crippen molar-refractivity contribution < 1.29 is 0 Å². The predicted octanol–water partition coefficient (Wildman–Crippen LogP) is 2.60. The standard InChI is InChI=1S/C12H19N3/c1-4-12(13)15(5-2)9-11-8-6-7-10(3)14-11/h6-8,13H,4-5,9H2,1-3H3. The summed E-state index contributed by atoms with van der Waals surface area (Å²) in [5, 5.41) is 7.80. The predicted molar refractivity (Wildman–Crippen MR) is 63.1 cm³/mol. The lowest BCUT2D eigenvalue weighted by Gasteiger charge is -2.22. The Kier molecular flexibility index (Phi) is 4.28. The molecule has 1 heterocycles. The van der Waals surface area contributed by atoms with E-state index in [0.717, 1.165) is 30.9 Å². The first-order valence-corrected chi connectivity index (χ1v) is 5.42. The second kappa shape index (κ2) is 5.49. The number of nitrogens with zero attached hydrogens (tertiary/aromatic N) is 2. The van der Waals surface area contributed by atoms with Gasteiger partial charge in [-0.15, -0.1) is 0 Å². The average Bonchev–Trinajstić information content (AvgIpc) is 2.25. The lowest BCUT2D eigenvalue weighted by molar-refractivity contribution is 0.418. The highest BCUT2D eigenvalue weighted by Gasteiger charge is 2.06. The summed E-state index contributed by atoms with van der Waals surface area (Å²) in [7, 11) is 0. The normalized spacial score (nSPS) is 10.1. The molecule has 0 spiro atoms. The van der Waals surface area contributed by atoms with Gasteiger partial charge in [-0.1, -0.05) is 13.0 Å². The number of nitrogens with one attached hydrogen (secondary N) is 1. The molecule has 0 amide bonds. The Morgan fingerprint density at radius 3 is 2.67 bits per heavy atom. The third-order valence-electron chi connectivity index (χ3n) is 2.40. The van der Waals surface area contributed by atoms with E-state index in [-0.39, 0.29) is 0 Å². The number of rotatable bonds is 4. The molecule has 0 fully saturated rings. The van der Waals surface area contributed by atoms with E-state index in [1.165, 1.54) is 0 Å². The lowest BCUT2D eigenvalue weighted by atomic mass is 10.2. The minimum atomic E-state index is 0.681. The molecule has 0 aromatic carbocycles. The van der Waals surface area contributed by atoms with Crippen LogP contribution in [0.25, 0.3) is 0 Å². The van der Waals surface area contributed by atoms with E-state index in [2.05, 4.69) is 11.9 Å². The van der Waals surface area contributed by atoms with Crippen LogP contribution in [0.3, 0.4) is 0 Å². The molecule has 0 aliphatic heterocycles. The third kappa shape index (κ3) is 3.35. The van der Waals surface area contributed by atoms with Gasteiger partial charge in [0.05, 0.1) is 18.1 Å². The zero-order valence-corrected chi connectivity index (χ0v) is 9.75. The van der Waals surface area contributed by atoms with Crippen molar-refractivity contribution in [2.45, 2.75) is 33.7 Å². The Morgan fingerprint density at radius 1 is 1.40 bits per heavy atom. The highest BCUT2D eigenvalue weighted by molar-refractivity contribution is 5.78. The molecular formula is C12H19N3. The Hall–Kier alpha value is -1.38. The molecule has 1 N–H and O–H groups in total. The SMILES string of the molecule is CCC(=N)N(CC)Cc1cccc(C)n1. The number of hydrogen-bond donors (Lipinski definition) is 1. The summed E-state index contributed by atoms with van der Waals surface area (Å²) in [6.45, 7) is 7.67. The maximum atomic E-state index is 7.80. The molecule has 82 valence electrons. The summed E-state index contributed by atoms with van der Waals surface area (Å²) in [5.41, 5.74) is 2.07. The number of aromatic nitrogens is 1. The first-order chi connectivity index (χ1) is 7.17. The molecule has 0 unspecified atom stereocenters. The monoisotopic (exact) mass is 205 g/mol. The average molecular weight is 205 g/mol. The molecule has 3 nitrogen and oxygen atoms in total. The Morgan fingerprint density at radius 2 is 2.13 bits per heavy atom. The number of amidine groups is 1. The fourth-order valence-electron chi connectivity index (χ4n) is 1.50. The zero-order chi connectivity index (χ0) is 11.3. The van der Waals surface area contributed by atoms with Crippen molar-refractivity contribution in [3.05, 3.63) is 29.6 Å². The second-order valence-corrected chi connectivity index (χ2v) is 3.58. The van der Waals surface area contributed by atoms with E-state index in [1.54, 1.807) is 0 Å². The zero-order valence-electron chi connectivity index (χ0n) is 9.75. The molecule has 0 aliphatic carbocycles. The van der Waals surface area contributed by atoms with E-state index >= 15 is 0 Å². The lowest BCUT2D eigenvalue weighted by Crippen LogP contribution is -2.29. The molecular weight excluding hydrogens is 186 g/mol.